The second kappa shape index (κ2) is 8.95. The first kappa shape index (κ1) is 18.9. The van der Waals surface area contributed by atoms with Gasteiger partial charge in [-0.1, -0.05) is 34.1 Å². The molecule has 0 aliphatic carbocycles. The van der Waals surface area contributed by atoms with Crippen LogP contribution in [0.4, 0.5) is 0 Å². The van der Waals surface area contributed by atoms with Crippen LogP contribution in [0.5, 0.6) is 0 Å². The third-order valence-corrected chi connectivity index (χ3v) is 3.66. The summed E-state index contributed by atoms with van der Waals surface area (Å²) in [6, 6.07) is -0.438. The minimum atomic E-state index is -0.770. The molecule has 0 aromatic heterocycles. The number of rotatable bonds is 9. The van der Waals surface area contributed by atoms with E-state index in [1.54, 1.807) is 0 Å². The van der Waals surface area contributed by atoms with Gasteiger partial charge in [-0.3, -0.25) is 9.59 Å². The molecule has 0 rings (SSSR count). The van der Waals surface area contributed by atoms with Crippen molar-refractivity contribution in [2.75, 3.05) is 6.54 Å². The highest BCUT2D eigenvalue weighted by molar-refractivity contribution is 5.81. The number of amides is 1. The summed E-state index contributed by atoms with van der Waals surface area (Å²) in [5.41, 5.74) is 5.77. The molecular weight excluding hydrogens is 256 g/mol. The fourth-order valence-electron chi connectivity index (χ4n) is 2.25. The monoisotopic (exact) mass is 286 g/mol. The zero-order valence-corrected chi connectivity index (χ0v) is 13.2. The molecule has 0 aromatic rings. The first-order valence-corrected chi connectivity index (χ1v) is 7.43. The number of nitrogens with one attached hydrogen (secondary N) is 1. The van der Waals surface area contributed by atoms with E-state index in [4.69, 9.17) is 10.8 Å². The Bertz CT molecular complexity index is 311. The van der Waals surface area contributed by atoms with Crippen LogP contribution in [0.3, 0.4) is 0 Å². The summed E-state index contributed by atoms with van der Waals surface area (Å²) in [6.07, 6.45) is 3.16. The molecule has 0 aromatic carbocycles. The van der Waals surface area contributed by atoms with Crippen LogP contribution in [0.1, 0.15) is 59.8 Å². The lowest BCUT2D eigenvalue weighted by Crippen LogP contribution is -2.41. The predicted octanol–water partition coefficient (Wildman–Crippen LogP) is 2.15. The van der Waals surface area contributed by atoms with Gasteiger partial charge in [0.1, 0.15) is 0 Å². The van der Waals surface area contributed by atoms with E-state index in [1.807, 2.05) is 6.92 Å². The van der Waals surface area contributed by atoms with Gasteiger partial charge in [0.25, 0.3) is 0 Å². The quantitative estimate of drug-likeness (QED) is 0.605. The van der Waals surface area contributed by atoms with Crippen molar-refractivity contribution >= 4 is 11.9 Å². The first-order chi connectivity index (χ1) is 9.18. The molecule has 1 amide bonds. The Hall–Kier alpha value is -1.10. The third kappa shape index (κ3) is 8.15. The Labute approximate surface area is 122 Å². The molecule has 5 nitrogen and oxygen atoms in total. The van der Waals surface area contributed by atoms with Crippen LogP contribution in [0.2, 0.25) is 0 Å². The van der Waals surface area contributed by atoms with Crippen molar-refractivity contribution in [3.8, 4) is 0 Å². The zero-order valence-electron chi connectivity index (χ0n) is 13.2. The van der Waals surface area contributed by atoms with Crippen LogP contribution in [0.15, 0.2) is 0 Å². The van der Waals surface area contributed by atoms with Crippen molar-refractivity contribution in [3.63, 3.8) is 0 Å². The van der Waals surface area contributed by atoms with Crippen molar-refractivity contribution in [3.05, 3.63) is 0 Å². The van der Waals surface area contributed by atoms with E-state index in [0.29, 0.717) is 19.4 Å². The molecule has 0 heterocycles. The number of carbonyl (C=O) groups is 2. The van der Waals surface area contributed by atoms with Crippen LogP contribution in [-0.4, -0.2) is 29.6 Å². The lowest BCUT2D eigenvalue weighted by atomic mass is 9.76. The van der Waals surface area contributed by atoms with Gasteiger partial charge in [-0.15, -0.1) is 0 Å². The fraction of sp³-hybridized carbons (Fsp3) is 0.867. The molecule has 2 atom stereocenters. The maximum Gasteiger partial charge on any atom is 0.303 e. The van der Waals surface area contributed by atoms with Crippen molar-refractivity contribution in [1.29, 1.82) is 0 Å². The molecule has 0 radical (unpaired) electrons. The lowest BCUT2D eigenvalue weighted by molar-refractivity contribution is -0.137. The van der Waals surface area contributed by atoms with Gasteiger partial charge in [-0.05, 0) is 30.6 Å². The van der Waals surface area contributed by atoms with Crippen molar-refractivity contribution in [2.45, 2.75) is 65.8 Å². The number of carboxylic acids is 1. The number of nitrogens with two attached hydrogens (primary N) is 1. The van der Waals surface area contributed by atoms with E-state index in [2.05, 4.69) is 26.1 Å². The predicted molar refractivity (Wildman–Crippen MR) is 80.3 cm³/mol. The largest absolute Gasteiger partial charge is 0.481 e. The summed E-state index contributed by atoms with van der Waals surface area (Å²) >= 11 is 0. The lowest BCUT2D eigenvalue weighted by Gasteiger charge is -2.30. The molecule has 0 spiro atoms. The normalized spacial score (nSPS) is 14.7. The van der Waals surface area contributed by atoms with Crippen LogP contribution in [-0.2, 0) is 9.59 Å². The minimum Gasteiger partial charge on any atom is -0.481 e. The summed E-state index contributed by atoms with van der Waals surface area (Å²) in [4.78, 5) is 22.4. The van der Waals surface area contributed by atoms with Gasteiger partial charge in [0, 0.05) is 13.0 Å². The molecule has 4 N–H and O–H groups in total. The van der Waals surface area contributed by atoms with Gasteiger partial charge in [-0.25, -0.2) is 0 Å². The van der Waals surface area contributed by atoms with E-state index in [1.165, 1.54) is 0 Å². The highest BCUT2D eigenvalue weighted by Crippen LogP contribution is 2.32. The summed E-state index contributed by atoms with van der Waals surface area (Å²) in [5, 5.41) is 11.6. The molecule has 0 aliphatic rings. The topological polar surface area (TPSA) is 92.4 Å². The van der Waals surface area contributed by atoms with E-state index in [9.17, 15) is 9.59 Å². The molecular formula is C15H30N2O3. The van der Waals surface area contributed by atoms with Crippen LogP contribution in [0.25, 0.3) is 0 Å². The molecule has 0 aliphatic heterocycles. The van der Waals surface area contributed by atoms with E-state index < -0.39 is 12.0 Å². The zero-order chi connectivity index (χ0) is 15.8. The maximum atomic E-state index is 11.7. The van der Waals surface area contributed by atoms with Gasteiger partial charge < -0.3 is 16.2 Å². The molecule has 118 valence electrons. The smallest absolute Gasteiger partial charge is 0.303 e. The summed E-state index contributed by atoms with van der Waals surface area (Å²) < 4.78 is 0. The number of carboxylic acid groups (broad SMARTS) is 1. The molecule has 0 bridgehead atoms. The summed E-state index contributed by atoms with van der Waals surface area (Å²) in [7, 11) is 0. The Morgan fingerprint density at radius 3 is 2.25 bits per heavy atom. The van der Waals surface area contributed by atoms with Crippen molar-refractivity contribution in [1.82, 2.24) is 5.32 Å². The van der Waals surface area contributed by atoms with Crippen LogP contribution < -0.4 is 11.1 Å². The molecule has 20 heavy (non-hydrogen) atoms. The standard InChI is InChI=1S/C15H30N2O3/c1-5-6-12(16)14(20)17-10-9-11(15(2,3)4)7-8-13(18)19/h11-12H,5-10,16H2,1-4H3,(H,17,20)(H,18,19)/t11?,12-/m0/s1. The Morgan fingerprint density at radius 2 is 1.80 bits per heavy atom. The summed E-state index contributed by atoms with van der Waals surface area (Å²) in [5.74, 6) is -0.618. The molecule has 5 heteroatoms. The number of aliphatic carboxylic acids is 1. The second-order valence-corrected chi connectivity index (χ2v) is 6.47. The third-order valence-electron chi connectivity index (χ3n) is 3.66. The average molecular weight is 286 g/mol. The number of hydrogen-bond donors (Lipinski definition) is 3. The molecule has 0 saturated heterocycles. The van der Waals surface area contributed by atoms with Crippen molar-refractivity contribution in [2.24, 2.45) is 17.1 Å². The molecule has 1 unspecified atom stereocenters. The van der Waals surface area contributed by atoms with Crippen molar-refractivity contribution < 1.29 is 14.7 Å². The Kier molecular flexibility index (Phi) is 8.46. The summed E-state index contributed by atoms with van der Waals surface area (Å²) in [6.45, 7) is 8.85. The number of carbonyl (C=O) groups excluding carboxylic acids is 1. The first-order valence-electron chi connectivity index (χ1n) is 7.43. The van der Waals surface area contributed by atoms with E-state index in [-0.39, 0.29) is 23.7 Å². The van der Waals surface area contributed by atoms with Gasteiger partial charge in [0.2, 0.25) is 5.91 Å². The van der Waals surface area contributed by atoms with E-state index in [0.717, 1.165) is 12.8 Å². The van der Waals surface area contributed by atoms with E-state index >= 15 is 0 Å². The fourth-order valence-corrected chi connectivity index (χ4v) is 2.25. The SMILES string of the molecule is CCC[C@H](N)C(=O)NCCC(CCC(=O)O)C(C)(C)C. The minimum absolute atomic E-state index is 0.0334. The Morgan fingerprint density at radius 1 is 1.20 bits per heavy atom. The number of hydrogen-bond acceptors (Lipinski definition) is 3. The molecule has 0 fully saturated rings. The van der Waals surface area contributed by atoms with Gasteiger partial charge in [0.15, 0.2) is 0 Å². The highest BCUT2D eigenvalue weighted by Gasteiger charge is 2.25. The highest BCUT2D eigenvalue weighted by atomic mass is 16.4. The van der Waals surface area contributed by atoms with Gasteiger partial charge in [-0.2, -0.15) is 0 Å². The average Bonchev–Trinajstić information content (AvgIpc) is 2.31. The van der Waals surface area contributed by atoms with Gasteiger partial charge in [0.05, 0.1) is 6.04 Å². The van der Waals surface area contributed by atoms with Crippen LogP contribution >= 0.6 is 0 Å². The molecule has 0 saturated carbocycles. The second-order valence-electron chi connectivity index (χ2n) is 6.47. The van der Waals surface area contributed by atoms with Gasteiger partial charge >= 0.3 is 5.97 Å². The van der Waals surface area contributed by atoms with Crippen LogP contribution in [0, 0.1) is 11.3 Å². The maximum absolute atomic E-state index is 11.7. The Balaban J connectivity index is 4.20.